The zero-order chi connectivity index (χ0) is 17.0. The second-order valence-corrected chi connectivity index (χ2v) is 7.31. The number of hydrogen-bond acceptors (Lipinski definition) is 4. The Morgan fingerprint density at radius 2 is 1.82 bits per heavy atom. The Labute approximate surface area is 135 Å². The highest BCUT2D eigenvalue weighted by Gasteiger charge is 2.12. The summed E-state index contributed by atoms with van der Waals surface area (Å²) >= 11 is 0. The summed E-state index contributed by atoms with van der Waals surface area (Å²) in [6, 6.07) is 0. The van der Waals surface area contributed by atoms with Crippen LogP contribution in [0.1, 0.15) is 33.6 Å². The zero-order valence-electron chi connectivity index (χ0n) is 14.5. The Kier molecular flexibility index (Phi) is 11.2. The number of rotatable bonds is 11. The standard InChI is InChI=1S/C14H32N4O3S/c1-6-21-13(12(2)3)8-11-17-14(15-4)16-9-7-10-18-22(5,19)20/h12-13,18H,6-11H2,1-5H3,(H2,15,16,17). The molecule has 8 heteroatoms. The summed E-state index contributed by atoms with van der Waals surface area (Å²) in [5.41, 5.74) is 0. The van der Waals surface area contributed by atoms with Gasteiger partial charge in [0.25, 0.3) is 0 Å². The van der Waals surface area contributed by atoms with Crippen LogP contribution in [0.4, 0.5) is 0 Å². The van der Waals surface area contributed by atoms with Gasteiger partial charge in [0.15, 0.2) is 5.96 Å². The molecule has 132 valence electrons. The van der Waals surface area contributed by atoms with Crippen molar-refractivity contribution in [3.8, 4) is 0 Å². The Morgan fingerprint density at radius 3 is 2.32 bits per heavy atom. The van der Waals surface area contributed by atoms with E-state index in [2.05, 4.69) is 34.2 Å². The van der Waals surface area contributed by atoms with Crippen LogP contribution in [-0.4, -0.2) is 60.0 Å². The molecule has 0 amide bonds. The maximum absolute atomic E-state index is 10.9. The third-order valence-electron chi connectivity index (χ3n) is 3.08. The summed E-state index contributed by atoms with van der Waals surface area (Å²) in [5, 5.41) is 6.39. The molecule has 0 aromatic heterocycles. The van der Waals surface area contributed by atoms with E-state index in [-0.39, 0.29) is 6.10 Å². The molecule has 0 bridgehead atoms. The molecule has 3 N–H and O–H groups in total. The molecule has 1 atom stereocenters. The first-order valence-electron chi connectivity index (χ1n) is 7.80. The lowest BCUT2D eigenvalue weighted by Gasteiger charge is -2.21. The second kappa shape index (κ2) is 11.7. The molecule has 0 aliphatic carbocycles. The summed E-state index contributed by atoms with van der Waals surface area (Å²) in [4.78, 5) is 4.14. The summed E-state index contributed by atoms with van der Waals surface area (Å²) < 4.78 is 30.0. The third-order valence-corrected chi connectivity index (χ3v) is 3.81. The van der Waals surface area contributed by atoms with Gasteiger partial charge >= 0.3 is 0 Å². The fourth-order valence-electron chi connectivity index (χ4n) is 1.93. The van der Waals surface area contributed by atoms with Gasteiger partial charge < -0.3 is 15.4 Å². The maximum Gasteiger partial charge on any atom is 0.208 e. The highest BCUT2D eigenvalue weighted by atomic mass is 32.2. The molecule has 0 heterocycles. The van der Waals surface area contributed by atoms with Gasteiger partial charge in [0.1, 0.15) is 0 Å². The van der Waals surface area contributed by atoms with Crippen molar-refractivity contribution in [2.24, 2.45) is 10.9 Å². The molecule has 0 spiro atoms. The normalized spacial score (nSPS) is 14.2. The van der Waals surface area contributed by atoms with Crippen LogP contribution in [0, 0.1) is 5.92 Å². The first-order valence-corrected chi connectivity index (χ1v) is 9.70. The van der Waals surface area contributed by atoms with Crippen molar-refractivity contribution < 1.29 is 13.2 Å². The van der Waals surface area contributed by atoms with Gasteiger partial charge in [0, 0.05) is 33.3 Å². The molecule has 0 fully saturated rings. The van der Waals surface area contributed by atoms with Crippen molar-refractivity contribution in [1.29, 1.82) is 0 Å². The maximum atomic E-state index is 10.9. The molecular formula is C14H32N4O3S. The first-order chi connectivity index (χ1) is 10.3. The lowest BCUT2D eigenvalue weighted by Crippen LogP contribution is -2.40. The SMILES string of the molecule is CCOC(CCNC(=NC)NCCCNS(C)(=O)=O)C(C)C. The average molecular weight is 337 g/mol. The van der Waals surface area contributed by atoms with Crippen LogP contribution < -0.4 is 15.4 Å². The second-order valence-electron chi connectivity index (χ2n) is 5.47. The summed E-state index contributed by atoms with van der Waals surface area (Å²) in [5.74, 6) is 1.21. The van der Waals surface area contributed by atoms with Crippen molar-refractivity contribution in [3.63, 3.8) is 0 Å². The number of sulfonamides is 1. The van der Waals surface area contributed by atoms with E-state index < -0.39 is 10.0 Å². The van der Waals surface area contributed by atoms with Crippen LogP contribution >= 0.6 is 0 Å². The zero-order valence-corrected chi connectivity index (χ0v) is 15.3. The summed E-state index contributed by atoms with van der Waals surface area (Å²) in [6.45, 7) is 8.90. The van der Waals surface area contributed by atoms with Gasteiger partial charge in [0.05, 0.1) is 12.4 Å². The third kappa shape index (κ3) is 11.8. The molecule has 0 rings (SSSR count). The molecule has 0 aromatic rings. The number of hydrogen-bond donors (Lipinski definition) is 3. The van der Waals surface area contributed by atoms with Crippen molar-refractivity contribution in [3.05, 3.63) is 0 Å². The largest absolute Gasteiger partial charge is 0.378 e. The number of aliphatic imine (C=N–C) groups is 1. The fraction of sp³-hybridized carbons (Fsp3) is 0.929. The van der Waals surface area contributed by atoms with E-state index in [0.29, 0.717) is 25.4 Å². The van der Waals surface area contributed by atoms with Crippen molar-refractivity contribution in [1.82, 2.24) is 15.4 Å². The predicted molar refractivity (Wildman–Crippen MR) is 91.7 cm³/mol. The minimum Gasteiger partial charge on any atom is -0.378 e. The molecule has 0 saturated carbocycles. The number of nitrogens with zero attached hydrogens (tertiary/aromatic N) is 1. The van der Waals surface area contributed by atoms with Gasteiger partial charge in [-0.05, 0) is 25.7 Å². The topological polar surface area (TPSA) is 91.8 Å². The van der Waals surface area contributed by atoms with E-state index in [1.165, 1.54) is 0 Å². The molecule has 0 aliphatic rings. The van der Waals surface area contributed by atoms with Gasteiger partial charge in [-0.3, -0.25) is 4.99 Å². The van der Waals surface area contributed by atoms with Gasteiger partial charge in [-0.25, -0.2) is 13.1 Å². The Bertz CT molecular complexity index is 410. The van der Waals surface area contributed by atoms with E-state index in [0.717, 1.165) is 31.8 Å². The van der Waals surface area contributed by atoms with Crippen LogP contribution in [0.5, 0.6) is 0 Å². The van der Waals surface area contributed by atoms with E-state index in [4.69, 9.17) is 4.74 Å². The molecular weight excluding hydrogens is 304 g/mol. The van der Waals surface area contributed by atoms with Crippen molar-refractivity contribution in [2.45, 2.75) is 39.7 Å². The van der Waals surface area contributed by atoms with Crippen LogP contribution in [0.15, 0.2) is 4.99 Å². The smallest absolute Gasteiger partial charge is 0.208 e. The fourth-order valence-corrected chi connectivity index (χ4v) is 2.44. The first kappa shape index (κ1) is 21.1. The van der Waals surface area contributed by atoms with E-state index >= 15 is 0 Å². The molecule has 0 radical (unpaired) electrons. The van der Waals surface area contributed by atoms with Crippen LogP contribution in [0.2, 0.25) is 0 Å². The highest BCUT2D eigenvalue weighted by Crippen LogP contribution is 2.09. The highest BCUT2D eigenvalue weighted by molar-refractivity contribution is 7.88. The predicted octanol–water partition coefficient (Wildman–Crippen LogP) is 0.542. The van der Waals surface area contributed by atoms with Gasteiger partial charge in [-0.15, -0.1) is 0 Å². The van der Waals surface area contributed by atoms with Crippen LogP contribution in [0.3, 0.4) is 0 Å². The molecule has 7 nitrogen and oxygen atoms in total. The van der Waals surface area contributed by atoms with Gasteiger partial charge in [-0.1, -0.05) is 13.8 Å². The Balaban J connectivity index is 3.88. The van der Waals surface area contributed by atoms with Gasteiger partial charge in [-0.2, -0.15) is 0 Å². The van der Waals surface area contributed by atoms with Crippen molar-refractivity contribution >= 4 is 16.0 Å². The Morgan fingerprint density at radius 1 is 1.18 bits per heavy atom. The van der Waals surface area contributed by atoms with Crippen LogP contribution in [0.25, 0.3) is 0 Å². The number of nitrogens with one attached hydrogen (secondary N) is 3. The Hall–Kier alpha value is -0.860. The molecule has 0 aromatic carbocycles. The van der Waals surface area contributed by atoms with Crippen molar-refractivity contribution in [2.75, 3.05) is 39.5 Å². The van der Waals surface area contributed by atoms with E-state index in [1.807, 2.05) is 6.92 Å². The molecule has 1 unspecified atom stereocenters. The molecule has 0 aliphatic heterocycles. The quantitative estimate of drug-likeness (QED) is 0.291. The lowest BCUT2D eigenvalue weighted by molar-refractivity contribution is 0.0258. The van der Waals surface area contributed by atoms with E-state index in [9.17, 15) is 8.42 Å². The lowest BCUT2D eigenvalue weighted by atomic mass is 10.0. The number of guanidine groups is 1. The minimum absolute atomic E-state index is 0.245. The summed E-state index contributed by atoms with van der Waals surface area (Å²) in [7, 11) is -1.39. The van der Waals surface area contributed by atoms with Gasteiger partial charge in [0.2, 0.25) is 10.0 Å². The average Bonchev–Trinajstić information content (AvgIpc) is 2.42. The monoisotopic (exact) mass is 336 g/mol. The summed E-state index contributed by atoms with van der Waals surface area (Å²) in [6.07, 6.45) is 3.02. The molecule has 22 heavy (non-hydrogen) atoms. The minimum atomic E-state index is -3.11. The van der Waals surface area contributed by atoms with E-state index in [1.54, 1.807) is 7.05 Å². The molecule has 0 saturated heterocycles. The number of ether oxygens (including phenoxy) is 1. The van der Waals surface area contributed by atoms with Crippen LogP contribution in [-0.2, 0) is 14.8 Å².